The third-order valence-corrected chi connectivity index (χ3v) is 16.2. The largest absolute Gasteiger partial charge is 0.466 e. The van der Waals surface area contributed by atoms with Crippen LogP contribution in [0.5, 0.6) is 0 Å². The maximum atomic E-state index is 12.5. The van der Waals surface area contributed by atoms with Crippen molar-refractivity contribution < 1.29 is 24.5 Å². The Morgan fingerprint density at radius 2 is 0.618 bits per heavy atom. The van der Waals surface area contributed by atoms with Gasteiger partial charge in [-0.05, 0) is 57.8 Å². The van der Waals surface area contributed by atoms with Crippen LogP contribution in [0.15, 0.2) is 24.3 Å². The smallest absolute Gasteiger partial charge is 0.305 e. The molecular weight excluding hydrogens is 935 g/mol. The molecule has 0 saturated heterocycles. The van der Waals surface area contributed by atoms with E-state index in [1.165, 1.54) is 295 Å². The second-order valence-electron chi connectivity index (χ2n) is 23.9. The summed E-state index contributed by atoms with van der Waals surface area (Å²) in [7, 11) is 0. The molecule has 6 heteroatoms. The molecule has 450 valence electrons. The first-order valence-electron chi connectivity index (χ1n) is 34.6. The van der Waals surface area contributed by atoms with Gasteiger partial charge in [0.15, 0.2) is 0 Å². The normalized spacial score (nSPS) is 12.6. The van der Waals surface area contributed by atoms with Crippen LogP contribution in [0.25, 0.3) is 0 Å². The zero-order chi connectivity index (χ0) is 55.0. The number of unbranched alkanes of at least 4 members (excludes halogenated alkanes) is 52. The minimum absolute atomic E-state index is 0.00197. The molecule has 2 unspecified atom stereocenters. The highest BCUT2D eigenvalue weighted by Crippen LogP contribution is 2.19. The van der Waals surface area contributed by atoms with E-state index >= 15 is 0 Å². The van der Waals surface area contributed by atoms with Gasteiger partial charge in [0.05, 0.1) is 25.4 Å². The Hall–Kier alpha value is -1.66. The van der Waals surface area contributed by atoms with E-state index < -0.39 is 12.1 Å². The van der Waals surface area contributed by atoms with Gasteiger partial charge < -0.3 is 20.3 Å². The third-order valence-electron chi connectivity index (χ3n) is 16.2. The van der Waals surface area contributed by atoms with E-state index in [0.717, 1.165) is 64.2 Å². The molecule has 0 aromatic carbocycles. The predicted molar refractivity (Wildman–Crippen MR) is 333 cm³/mol. The lowest BCUT2D eigenvalue weighted by Crippen LogP contribution is -2.45. The number of aliphatic hydroxyl groups is 2. The molecule has 0 spiro atoms. The second kappa shape index (κ2) is 65.9. The number of carbonyl (C=O) groups excluding carboxylic acids is 2. The van der Waals surface area contributed by atoms with E-state index in [0.29, 0.717) is 19.4 Å². The monoisotopic (exact) mass is 1070 g/mol. The van der Waals surface area contributed by atoms with Crippen molar-refractivity contribution in [3.8, 4) is 0 Å². The van der Waals surface area contributed by atoms with Crippen molar-refractivity contribution >= 4 is 11.9 Å². The number of carbonyl (C=O) groups is 2. The van der Waals surface area contributed by atoms with Gasteiger partial charge in [-0.1, -0.05) is 340 Å². The molecule has 0 bridgehead atoms. The van der Waals surface area contributed by atoms with Crippen LogP contribution in [0.4, 0.5) is 0 Å². The number of amides is 1. The standard InChI is InChI=1S/C70H135NO5/c1-3-5-7-9-11-13-15-17-19-21-23-24-25-26-27-29-30-34-38-42-46-50-54-58-62-68(73)67(66-72)71-69(74)63-59-55-51-47-43-39-35-32-33-37-41-45-49-53-57-61-65-76-70(75)64-60-56-52-48-44-40-36-31-28-22-20-18-16-14-12-10-8-6-4-2/h32,35,58,62,67-68,72-73H,3-31,33-34,36-57,59-61,63-66H2,1-2H3,(H,71,74)/b35-32-,62-58+. The van der Waals surface area contributed by atoms with E-state index in [2.05, 4.69) is 31.3 Å². The number of ether oxygens (including phenoxy) is 1. The lowest BCUT2D eigenvalue weighted by atomic mass is 10.0. The minimum atomic E-state index is -0.856. The van der Waals surface area contributed by atoms with Gasteiger partial charge in [0, 0.05) is 12.8 Å². The maximum Gasteiger partial charge on any atom is 0.305 e. The van der Waals surface area contributed by atoms with Gasteiger partial charge in [-0.25, -0.2) is 0 Å². The quantitative estimate of drug-likeness (QED) is 0.0320. The summed E-state index contributed by atoms with van der Waals surface area (Å²) in [6.45, 7) is 4.92. The summed E-state index contributed by atoms with van der Waals surface area (Å²) in [4.78, 5) is 24.6. The number of esters is 1. The number of hydrogen-bond acceptors (Lipinski definition) is 5. The van der Waals surface area contributed by atoms with Crippen molar-refractivity contribution in [1.29, 1.82) is 0 Å². The topological polar surface area (TPSA) is 95.9 Å². The molecule has 0 saturated carbocycles. The molecule has 76 heavy (non-hydrogen) atoms. The predicted octanol–water partition coefficient (Wildman–Crippen LogP) is 22.1. The van der Waals surface area contributed by atoms with Gasteiger partial charge in [0.25, 0.3) is 0 Å². The van der Waals surface area contributed by atoms with Crippen molar-refractivity contribution in [1.82, 2.24) is 5.32 Å². The van der Waals surface area contributed by atoms with Gasteiger partial charge in [-0.2, -0.15) is 0 Å². The summed E-state index contributed by atoms with van der Waals surface area (Å²) < 4.78 is 5.50. The Bertz CT molecular complexity index is 1190. The van der Waals surface area contributed by atoms with Crippen LogP contribution >= 0.6 is 0 Å². The molecule has 1 amide bonds. The lowest BCUT2D eigenvalue weighted by molar-refractivity contribution is -0.143. The SMILES string of the molecule is CCCCCCCCCCCCCCCCCCCCCCCC/C=C/C(O)C(CO)NC(=O)CCCCCCC/C=C\CCCCCCCCCOC(=O)CCCCCCCCCCCCCCCCCCCCC. The van der Waals surface area contributed by atoms with Gasteiger partial charge in [0.2, 0.25) is 5.91 Å². The highest BCUT2D eigenvalue weighted by Gasteiger charge is 2.18. The Kier molecular flexibility index (Phi) is 64.4. The summed E-state index contributed by atoms with van der Waals surface area (Å²) in [6.07, 6.45) is 82.4. The molecule has 0 aromatic rings. The minimum Gasteiger partial charge on any atom is -0.466 e. The van der Waals surface area contributed by atoms with Gasteiger partial charge >= 0.3 is 5.97 Å². The van der Waals surface area contributed by atoms with E-state index in [4.69, 9.17) is 4.74 Å². The number of aliphatic hydroxyl groups excluding tert-OH is 2. The Morgan fingerprint density at radius 3 is 0.934 bits per heavy atom. The van der Waals surface area contributed by atoms with Crippen LogP contribution in [0.2, 0.25) is 0 Å². The van der Waals surface area contributed by atoms with Gasteiger partial charge in [0.1, 0.15) is 0 Å². The van der Waals surface area contributed by atoms with Crippen LogP contribution < -0.4 is 5.32 Å². The zero-order valence-corrected chi connectivity index (χ0v) is 51.5. The van der Waals surface area contributed by atoms with E-state index in [1.54, 1.807) is 6.08 Å². The fourth-order valence-electron chi connectivity index (χ4n) is 10.9. The second-order valence-corrected chi connectivity index (χ2v) is 23.9. The van der Waals surface area contributed by atoms with E-state index in [-0.39, 0.29) is 18.5 Å². The first-order valence-corrected chi connectivity index (χ1v) is 34.6. The van der Waals surface area contributed by atoms with Crippen LogP contribution in [-0.4, -0.2) is 47.4 Å². The Morgan fingerprint density at radius 1 is 0.355 bits per heavy atom. The molecule has 0 aromatic heterocycles. The number of hydrogen-bond donors (Lipinski definition) is 3. The fourth-order valence-corrected chi connectivity index (χ4v) is 10.9. The Labute approximate surface area is 475 Å². The van der Waals surface area contributed by atoms with Crippen molar-refractivity contribution in [3.05, 3.63) is 24.3 Å². The van der Waals surface area contributed by atoms with Crippen LogP contribution in [0.3, 0.4) is 0 Å². The molecule has 0 rings (SSSR count). The Balaban J connectivity index is 3.46. The molecule has 0 aliphatic heterocycles. The molecule has 2 atom stereocenters. The molecule has 6 nitrogen and oxygen atoms in total. The van der Waals surface area contributed by atoms with Crippen molar-refractivity contribution in [2.45, 2.75) is 398 Å². The molecule has 0 radical (unpaired) electrons. The summed E-state index contributed by atoms with van der Waals surface area (Å²) in [5.74, 6) is -0.0787. The van der Waals surface area contributed by atoms with Crippen LogP contribution in [-0.2, 0) is 14.3 Å². The third kappa shape index (κ3) is 61.6. The zero-order valence-electron chi connectivity index (χ0n) is 51.5. The van der Waals surface area contributed by atoms with Gasteiger partial charge in [-0.15, -0.1) is 0 Å². The van der Waals surface area contributed by atoms with Crippen molar-refractivity contribution in [2.75, 3.05) is 13.2 Å². The number of rotatable bonds is 65. The fraction of sp³-hybridized carbons (Fsp3) is 0.914. The van der Waals surface area contributed by atoms with Crippen molar-refractivity contribution in [2.24, 2.45) is 0 Å². The molecule has 0 aliphatic rings. The van der Waals surface area contributed by atoms with E-state index in [1.807, 2.05) is 6.08 Å². The highest BCUT2D eigenvalue weighted by atomic mass is 16.5. The van der Waals surface area contributed by atoms with E-state index in [9.17, 15) is 19.8 Å². The molecule has 3 N–H and O–H groups in total. The molecule has 0 aliphatic carbocycles. The summed E-state index contributed by atoms with van der Waals surface area (Å²) in [6, 6.07) is -0.641. The maximum absolute atomic E-state index is 12.5. The molecular formula is C70H135NO5. The molecule has 0 heterocycles. The van der Waals surface area contributed by atoms with Crippen LogP contribution in [0, 0.1) is 0 Å². The number of nitrogens with one attached hydrogen (secondary N) is 1. The summed E-state index contributed by atoms with van der Waals surface area (Å²) >= 11 is 0. The average molecular weight is 1070 g/mol. The van der Waals surface area contributed by atoms with Gasteiger partial charge in [-0.3, -0.25) is 9.59 Å². The summed E-state index contributed by atoms with van der Waals surface area (Å²) in [5.41, 5.74) is 0. The highest BCUT2D eigenvalue weighted by molar-refractivity contribution is 5.76. The van der Waals surface area contributed by atoms with Crippen molar-refractivity contribution in [3.63, 3.8) is 0 Å². The first-order chi connectivity index (χ1) is 37.5. The number of allylic oxidation sites excluding steroid dienone is 3. The summed E-state index contributed by atoms with van der Waals surface area (Å²) in [5, 5.41) is 23.2. The first kappa shape index (κ1) is 74.3. The average Bonchev–Trinajstić information content (AvgIpc) is 3.42. The lowest BCUT2D eigenvalue weighted by Gasteiger charge is -2.20. The van der Waals surface area contributed by atoms with Crippen LogP contribution in [0.1, 0.15) is 386 Å². The molecule has 0 fully saturated rings.